The van der Waals surface area contributed by atoms with Gasteiger partial charge in [0.1, 0.15) is 0 Å². The molecule has 4 heteroatoms. The van der Waals surface area contributed by atoms with Crippen LogP contribution in [0.2, 0.25) is 0 Å². The van der Waals surface area contributed by atoms with Gasteiger partial charge in [0.25, 0.3) is 6.71 Å². The highest BCUT2D eigenvalue weighted by Gasteiger charge is 2.59. The van der Waals surface area contributed by atoms with Crippen LogP contribution in [0.15, 0.2) is 376 Å². The third-order valence-corrected chi connectivity index (χ3v) is 26.6. The summed E-state index contributed by atoms with van der Waals surface area (Å²) in [5, 5.41) is 2.44. The van der Waals surface area contributed by atoms with Crippen molar-refractivity contribution in [3.8, 4) is 83.6 Å². The molecule has 6 aliphatic carbocycles. The zero-order valence-electron chi connectivity index (χ0n) is 59.2. The van der Waals surface area contributed by atoms with Crippen LogP contribution in [0.3, 0.4) is 0 Å². The second kappa shape index (κ2) is 20.8. The van der Waals surface area contributed by atoms with Crippen molar-refractivity contribution in [1.82, 2.24) is 4.57 Å². The number of fused-ring (bicyclic) bond motifs is 38. The van der Waals surface area contributed by atoms with Crippen LogP contribution in [0.4, 0.5) is 34.1 Å². The fourth-order valence-electron chi connectivity index (χ4n) is 22.8. The molecule has 8 aliphatic rings. The summed E-state index contributed by atoms with van der Waals surface area (Å²) in [6, 6.07) is 146. The Hall–Kier alpha value is -13.8. The van der Waals surface area contributed by atoms with Crippen LogP contribution < -0.4 is 26.2 Å². The highest BCUT2D eigenvalue weighted by Crippen LogP contribution is 2.70. The fourth-order valence-corrected chi connectivity index (χ4v) is 22.8. The summed E-state index contributed by atoms with van der Waals surface area (Å²) in [6.07, 6.45) is 0. The van der Waals surface area contributed by atoms with Crippen molar-refractivity contribution in [2.24, 2.45) is 0 Å². The molecule has 26 rings (SSSR count). The van der Waals surface area contributed by atoms with Gasteiger partial charge in [0.2, 0.25) is 0 Å². The van der Waals surface area contributed by atoms with Gasteiger partial charge in [-0.1, -0.05) is 328 Å². The van der Waals surface area contributed by atoms with Gasteiger partial charge in [-0.3, -0.25) is 0 Å². The van der Waals surface area contributed by atoms with Crippen molar-refractivity contribution in [2.75, 3.05) is 9.80 Å². The van der Waals surface area contributed by atoms with Crippen LogP contribution in [0.25, 0.3) is 105 Å². The van der Waals surface area contributed by atoms with Crippen molar-refractivity contribution in [3.05, 3.63) is 443 Å². The lowest BCUT2D eigenvalue weighted by Gasteiger charge is -2.47. The van der Waals surface area contributed by atoms with Crippen LogP contribution >= 0.6 is 0 Å². The SMILES string of the molecule is c1ccc(-c2ccc(N3c4cc(-n5c6ccccc6c6ccccc65)cc5c4B(c4cc6c(cc4N5c4cccc5c4-c4ccccc4C54c5ccccc5-c5ccccc54)-c4ccccc4C64c5ccccc5-c5ccccc54)c4ccc5c(c43)C3(c4ccccc4-c4ccccc43)c3ccccc3-5)cc2)cc1. The first-order chi connectivity index (χ1) is 54.1. The molecule has 0 radical (unpaired) electrons. The zero-order valence-corrected chi connectivity index (χ0v) is 59.2. The average molecular weight is 1380 g/mol. The number of nitrogens with zero attached hydrogens (tertiary/aromatic N) is 3. The first-order valence-corrected chi connectivity index (χ1v) is 38.4. The average Bonchev–Trinajstić information content (AvgIpc) is 1.54. The fraction of sp³-hybridized carbons (Fsp3) is 0.0286. The molecule has 0 fully saturated rings. The maximum Gasteiger partial charge on any atom is 0.252 e. The number of hydrogen-bond acceptors (Lipinski definition) is 2. The highest BCUT2D eigenvalue weighted by atomic mass is 15.2. The molecule has 17 aromatic carbocycles. The standard InChI is InChI=1S/C105H62BN3/c1-2-27-63(28-3-1)64-53-55-65(56-54-64)108-97-59-66(107-93-50-24-13-37-75(93)76-38-14-25-51-94(76)107)60-98-101(97)106(91-58-57-77-73-35-10-22-47-87(73)105(100(77)102(91)108)85-45-20-8-33-71(85)72-34-9-21-46-86(72)105)92-62-90-79(74-36-11-19-44-84(74)104(90)82-42-17-6-31-69(82)70-32-7-18-43-83(70)104)61-96(92)109(98)95-52-26-49-89-99(95)78-39-12-23-48-88(78)103(89)80-40-15-4-29-67(80)68-30-5-16-41-81(68)103/h1-62H. The van der Waals surface area contributed by atoms with Gasteiger partial charge in [-0.25, -0.2) is 0 Å². The molecule has 0 saturated heterocycles. The van der Waals surface area contributed by atoms with E-state index in [4.69, 9.17) is 0 Å². The van der Waals surface area contributed by atoms with E-state index < -0.39 is 16.2 Å². The van der Waals surface area contributed by atoms with E-state index in [-0.39, 0.29) is 6.71 Å². The lowest BCUT2D eigenvalue weighted by molar-refractivity contribution is 0.793. The van der Waals surface area contributed by atoms with E-state index in [0.717, 1.165) is 39.5 Å². The summed E-state index contributed by atoms with van der Waals surface area (Å²) in [5.74, 6) is 0. The summed E-state index contributed by atoms with van der Waals surface area (Å²) in [7, 11) is 0. The first-order valence-electron chi connectivity index (χ1n) is 38.4. The van der Waals surface area contributed by atoms with Crippen molar-refractivity contribution in [3.63, 3.8) is 0 Å². The quantitative estimate of drug-likeness (QED) is 0.163. The summed E-state index contributed by atoms with van der Waals surface area (Å²) < 4.78 is 2.58. The summed E-state index contributed by atoms with van der Waals surface area (Å²) in [5.41, 5.74) is 45.7. The van der Waals surface area contributed by atoms with Crippen LogP contribution in [0.5, 0.6) is 0 Å². The van der Waals surface area contributed by atoms with Gasteiger partial charge in [0, 0.05) is 50.3 Å². The smallest absolute Gasteiger partial charge is 0.252 e. The molecular formula is C105H62BN3. The van der Waals surface area contributed by atoms with E-state index in [9.17, 15) is 0 Å². The maximum absolute atomic E-state index is 2.78. The monoisotopic (exact) mass is 1380 g/mol. The minimum Gasteiger partial charge on any atom is -0.311 e. The predicted molar refractivity (Wildman–Crippen MR) is 449 cm³/mol. The second-order valence-electron chi connectivity index (χ2n) is 31.0. The Morgan fingerprint density at radius 1 is 0.220 bits per heavy atom. The zero-order chi connectivity index (χ0) is 70.7. The first kappa shape index (κ1) is 58.5. The lowest BCUT2D eigenvalue weighted by Crippen LogP contribution is -2.62. The maximum atomic E-state index is 2.78. The van der Waals surface area contributed by atoms with Gasteiger partial charge in [-0.15, -0.1) is 0 Å². The molecule has 2 aliphatic heterocycles. The number of para-hydroxylation sites is 2. The summed E-state index contributed by atoms with van der Waals surface area (Å²) in [6.45, 7) is -0.307. The Labute approximate surface area is 631 Å². The Morgan fingerprint density at radius 2 is 0.615 bits per heavy atom. The molecule has 0 bridgehead atoms. The molecule has 0 N–H and O–H groups in total. The number of anilines is 6. The van der Waals surface area contributed by atoms with Crippen LogP contribution in [0.1, 0.15) is 66.8 Å². The molecule has 3 nitrogen and oxygen atoms in total. The van der Waals surface area contributed by atoms with Gasteiger partial charge in [-0.05, 0) is 198 Å². The Balaban J connectivity index is 0.861. The number of aromatic nitrogens is 1. The third-order valence-electron chi connectivity index (χ3n) is 26.6. The highest BCUT2D eigenvalue weighted by molar-refractivity contribution is 7.00. The van der Waals surface area contributed by atoms with Crippen molar-refractivity contribution >= 4 is 79.0 Å². The Morgan fingerprint density at radius 3 is 1.13 bits per heavy atom. The van der Waals surface area contributed by atoms with Crippen LogP contribution in [-0.2, 0) is 16.2 Å². The van der Waals surface area contributed by atoms with Gasteiger partial charge >= 0.3 is 0 Å². The molecule has 0 unspecified atom stereocenters. The van der Waals surface area contributed by atoms with Crippen LogP contribution in [-0.4, -0.2) is 11.3 Å². The van der Waals surface area contributed by atoms with Gasteiger partial charge in [0.15, 0.2) is 0 Å². The van der Waals surface area contributed by atoms with E-state index in [1.165, 1.54) is 183 Å². The third kappa shape index (κ3) is 6.92. The number of hydrogen-bond donors (Lipinski definition) is 0. The molecule has 0 saturated carbocycles. The molecule has 500 valence electrons. The van der Waals surface area contributed by atoms with Crippen LogP contribution in [0, 0.1) is 0 Å². The molecule has 0 atom stereocenters. The molecular weight excluding hydrogens is 1310 g/mol. The van der Waals surface area contributed by atoms with Crippen molar-refractivity contribution in [2.45, 2.75) is 16.2 Å². The predicted octanol–water partition coefficient (Wildman–Crippen LogP) is 23.6. The van der Waals surface area contributed by atoms with Gasteiger partial charge in [0.05, 0.1) is 38.7 Å². The molecule has 0 amide bonds. The minimum atomic E-state index is -0.715. The van der Waals surface area contributed by atoms with E-state index >= 15 is 0 Å². The minimum absolute atomic E-state index is 0.307. The molecule has 18 aromatic rings. The van der Waals surface area contributed by atoms with E-state index in [2.05, 4.69) is 390 Å². The lowest BCUT2D eigenvalue weighted by atomic mass is 9.33. The largest absolute Gasteiger partial charge is 0.311 e. The normalized spacial score (nSPS) is 15.0. The summed E-state index contributed by atoms with van der Waals surface area (Å²) >= 11 is 0. The topological polar surface area (TPSA) is 11.4 Å². The van der Waals surface area contributed by atoms with Crippen molar-refractivity contribution in [1.29, 1.82) is 0 Å². The Bertz CT molecular complexity index is 6950. The second-order valence-corrected chi connectivity index (χ2v) is 31.0. The van der Waals surface area contributed by atoms with E-state index in [1.807, 2.05) is 0 Å². The molecule has 1 aromatic heterocycles. The Kier molecular flexibility index (Phi) is 11.2. The molecule has 3 spiro atoms. The van der Waals surface area contributed by atoms with Gasteiger partial charge < -0.3 is 14.4 Å². The molecule has 3 heterocycles. The summed E-state index contributed by atoms with van der Waals surface area (Å²) in [4.78, 5) is 5.54. The number of rotatable bonds is 4. The number of benzene rings is 17. The van der Waals surface area contributed by atoms with E-state index in [1.54, 1.807) is 0 Å². The van der Waals surface area contributed by atoms with Crippen molar-refractivity contribution < 1.29 is 0 Å². The molecule has 109 heavy (non-hydrogen) atoms. The van der Waals surface area contributed by atoms with E-state index in [0.29, 0.717) is 0 Å². The van der Waals surface area contributed by atoms with Gasteiger partial charge in [-0.2, -0.15) is 0 Å².